The Labute approximate surface area is 167 Å². The van der Waals surface area contributed by atoms with E-state index in [1.807, 2.05) is 26.0 Å². The number of hydrogen-bond acceptors (Lipinski definition) is 3. The van der Waals surface area contributed by atoms with E-state index in [1.165, 1.54) is 4.90 Å². The van der Waals surface area contributed by atoms with Crippen LogP contribution < -0.4 is 10.9 Å². The second-order valence-corrected chi connectivity index (χ2v) is 7.19. The van der Waals surface area contributed by atoms with Crippen LogP contribution in [0.2, 0.25) is 5.02 Å². The van der Waals surface area contributed by atoms with E-state index in [1.54, 1.807) is 30.3 Å². The van der Waals surface area contributed by atoms with E-state index in [4.69, 9.17) is 11.6 Å². The highest BCUT2D eigenvalue weighted by atomic mass is 35.5. The second-order valence-electron chi connectivity index (χ2n) is 6.75. The van der Waals surface area contributed by atoms with E-state index in [0.717, 1.165) is 22.0 Å². The number of rotatable bonds is 5. The summed E-state index contributed by atoms with van der Waals surface area (Å²) in [5.41, 5.74) is 3.62. The van der Waals surface area contributed by atoms with Crippen LogP contribution in [0.3, 0.4) is 0 Å². The lowest BCUT2D eigenvalue weighted by Crippen LogP contribution is -2.38. The minimum absolute atomic E-state index is 0.0749. The van der Waals surface area contributed by atoms with Gasteiger partial charge < -0.3 is 20.3 Å². The summed E-state index contributed by atoms with van der Waals surface area (Å²) >= 11 is 5.95. The van der Waals surface area contributed by atoms with Gasteiger partial charge in [-0.3, -0.25) is 4.79 Å². The molecule has 28 heavy (non-hydrogen) atoms. The normalized spacial score (nSPS) is 10.9. The van der Waals surface area contributed by atoms with Gasteiger partial charge in [-0.25, -0.2) is 4.79 Å². The highest BCUT2D eigenvalue weighted by Gasteiger charge is 2.16. The molecule has 0 bridgehead atoms. The summed E-state index contributed by atoms with van der Waals surface area (Å²) < 4.78 is 0. The van der Waals surface area contributed by atoms with Crippen LogP contribution >= 0.6 is 11.6 Å². The number of aromatic nitrogens is 1. The zero-order chi connectivity index (χ0) is 20.3. The van der Waals surface area contributed by atoms with Crippen molar-refractivity contribution in [1.82, 2.24) is 9.88 Å². The molecule has 146 valence electrons. The molecule has 0 fully saturated rings. The van der Waals surface area contributed by atoms with Gasteiger partial charge in [0, 0.05) is 33.7 Å². The topological polar surface area (TPSA) is 85.4 Å². The molecule has 0 aliphatic heterocycles. The number of urea groups is 1. The van der Waals surface area contributed by atoms with Gasteiger partial charge in [0.1, 0.15) is 0 Å². The van der Waals surface area contributed by atoms with Crippen molar-refractivity contribution < 1.29 is 9.90 Å². The second kappa shape index (κ2) is 8.46. The third-order valence-corrected chi connectivity index (χ3v) is 4.72. The summed E-state index contributed by atoms with van der Waals surface area (Å²) in [4.78, 5) is 29.5. The lowest BCUT2D eigenvalue weighted by atomic mass is 10.0. The molecule has 3 N–H and O–H groups in total. The Kier molecular flexibility index (Phi) is 6.02. The molecule has 0 saturated carbocycles. The van der Waals surface area contributed by atoms with Gasteiger partial charge in [0.2, 0.25) is 0 Å². The summed E-state index contributed by atoms with van der Waals surface area (Å²) in [5, 5.41) is 13.5. The monoisotopic (exact) mass is 399 g/mol. The SMILES string of the molecule is Cc1cc(C)c2cc(CN(CCO)C(=O)Nc3cccc(Cl)c3)c(=O)[nH]c2c1. The molecule has 7 heteroatoms. The van der Waals surface area contributed by atoms with E-state index in [9.17, 15) is 14.7 Å². The number of benzene rings is 2. The van der Waals surface area contributed by atoms with Crippen LogP contribution in [-0.4, -0.2) is 34.2 Å². The van der Waals surface area contributed by atoms with E-state index in [-0.39, 0.29) is 25.3 Å². The predicted molar refractivity (Wildman–Crippen MR) is 112 cm³/mol. The number of anilines is 1. The van der Waals surface area contributed by atoms with Gasteiger partial charge in [-0.15, -0.1) is 0 Å². The fourth-order valence-electron chi connectivity index (χ4n) is 3.18. The van der Waals surface area contributed by atoms with Gasteiger partial charge in [0.05, 0.1) is 13.2 Å². The smallest absolute Gasteiger partial charge is 0.322 e. The number of halogens is 1. The van der Waals surface area contributed by atoms with Crippen LogP contribution in [0.1, 0.15) is 16.7 Å². The first-order valence-corrected chi connectivity index (χ1v) is 9.30. The first-order valence-electron chi connectivity index (χ1n) is 8.93. The summed E-state index contributed by atoms with van der Waals surface area (Å²) in [6.07, 6.45) is 0. The van der Waals surface area contributed by atoms with Crippen LogP contribution in [0.5, 0.6) is 0 Å². The lowest BCUT2D eigenvalue weighted by Gasteiger charge is -2.22. The first-order chi connectivity index (χ1) is 13.4. The minimum Gasteiger partial charge on any atom is -0.395 e. The molecule has 0 saturated heterocycles. The molecule has 6 nitrogen and oxygen atoms in total. The van der Waals surface area contributed by atoms with E-state index >= 15 is 0 Å². The Morgan fingerprint density at radius 2 is 2.00 bits per heavy atom. The molecule has 3 aromatic rings. The van der Waals surface area contributed by atoms with Crippen molar-refractivity contribution >= 4 is 34.2 Å². The fraction of sp³-hybridized carbons (Fsp3) is 0.238. The summed E-state index contributed by atoms with van der Waals surface area (Å²) in [7, 11) is 0. The predicted octanol–water partition coefficient (Wildman–Crippen LogP) is 3.82. The number of H-pyrrole nitrogens is 1. The van der Waals surface area contributed by atoms with E-state index in [2.05, 4.69) is 10.3 Å². The van der Waals surface area contributed by atoms with Gasteiger partial charge in [0.25, 0.3) is 5.56 Å². The lowest BCUT2D eigenvalue weighted by molar-refractivity contribution is 0.185. The standard InChI is InChI=1S/C21H22ClN3O3/c1-13-8-14(2)18-10-15(20(27)24-19(18)9-13)12-25(6-7-26)21(28)23-17-5-3-4-16(22)11-17/h3-5,8-11,26H,6-7,12H2,1-2H3,(H,23,28)(H,24,27). The van der Waals surface area contributed by atoms with Crippen molar-refractivity contribution in [3.05, 3.63) is 74.5 Å². The molecule has 1 heterocycles. The molecule has 1 aromatic heterocycles. The van der Waals surface area contributed by atoms with Crippen molar-refractivity contribution in [2.24, 2.45) is 0 Å². The maximum Gasteiger partial charge on any atom is 0.322 e. The number of carbonyl (C=O) groups excluding carboxylic acids is 1. The average Bonchev–Trinajstić information content (AvgIpc) is 2.62. The van der Waals surface area contributed by atoms with E-state index in [0.29, 0.717) is 16.3 Å². The highest BCUT2D eigenvalue weighted by molar-refractivity contribution is 6.30. The molecular weight excluding hydrogens is 378 g/mol. The van der Waals surface area contributed by atoms with Gasteiger partial charge in [-0.05, 0) is 55.3 Å². The summed E-state index contributed by atoms with van der Waals surface area (Å²) in [6.45, 7) is 3.91. The van der Waals surface area contributed by atoms with Gasteiger partial charge in [0.15, 0.2) is 0 Å². The van der Waals surface area contributed by atoms with Gasteiger partial charge in [-0.2, -0.15) is 0 Å². The molecule has 3 rings (SSSR count). The molecule has 0 aliphatic carbocycles. The van der Waals surface area contributed by atoms with Crippen LogP contribution in [-0.2, 0) is 6.54 Å². The van der Waals surface area contributed by atoms with Crippen molar-refractivity contribution in [3.8, 4) is 0 Å². The third-order valence-electron chi connectivity index (χ3n) is 4.48. The Hall–Kier alpha value is -2.83. The zero-order valence-electron chi connectivity index (χ0n) is 15.8. The average molecular weight is 400 g/mol. The molecule has 0 aliphatic rings. The number of aliphatic hydroxyl groups excluding tert-OH is 1. The number of hydrogen-bond donors (Lipinski definition) is 3. The maximum atomic E-state index is 12.7. The molecule has 2 amide bonds. The molecule has 0 unspecified atom stereocenters. The Bertz CT molecular complexity index is 1080. The Balaban J connectivity index is 1.88. The van der Waals surface area contributed by atoms with Crippen molar-refractivity contribution in [2.75, 3.05) is 18.5 Å². The molecular formula is C21H22ClN3O3. The van der Waals surface area contributed by atoms with Crippen LogP contribution in [0.15, 0.2) is 47.3 Å². The first kappa shape index (κ1) is 19.9. The number of nitrogens with one attached hydrogen (secondary N) is 2. The fourth-order valence-corrected chi connectivity index (χ4v) is 3.37. The molecule has 0 radical (unpaired) electrons. The number of aliphatic hydroxyl groups is 1. The molecule has 0 spiro atoms. The number of nitrogens with zero attached hydrogens (tertiary/aromatic N) is 1. The van der Waals surface area contributed by atoms with Crippen LogP contribution in [0.25, 0.3) is 10.9 Å². The summed E-state index contributed by atoms with van der Waals surface area (Å²) in [5.74, 6) is 0. The number of amides is 2. The quantitative estimate of drug-likeness (QED) is 0.609. The molecule has 2 aromatic carbocycles. The minimum atomic E-state index is -0.420. The Morgan fingerprint density at radius 1 is 1.21 bits per heavy atom. The van der Waals surface area contributed by atoms with Crippen molar-refractivity contribution in [3.63, 3.8) is 0 Å². The van der Waals surface area contributed by atoms with Crippen molar-refractivity contribution in [2.45, 2.75) is 20.4 Å². The Morgan fingerprint density at radius 3 is 2.71 bits per heavy atom. The van der Waals surface area contributed by atoms with Crippen molar-refractivity contribution in [1.29, 1.82) is 0 Å². The van der Waals surface area contributed by atoms with E-state index < -0.39 is 6.03 Å². The number of pyridine rings is 1. The molecule has 0 atom stereocenters. The van der Waals surface area contributed by atoms with Crippen LogP contribution in [0, 0.1) is 13.8 Å². The third kappa shape index (κ3) is 4.52. The van der Waals surface area contributed by atoms with Gasteiger partial charge >= 0.3 is 6.03 Å². The number of fused-ring (bicyclic) bond motifs is 1. The number of aryl methyl sites for hydroxylation is 2. The van der Waals surface area contributed by atoms with Crippen LogP contribution in [0.4, 0.5) is 10.5 Å². The zero-order valence-corrected chi connectivity index (χ0v) is 16.5. The highest BCUT2D eigenvalue weighted by Crippen LogP contribution is 2.19. The summed E-state index contributed by atoms with van der Waals surface area (Å²) in [6, 6.07) is 12.1. The van der Waals surface area contributed by atoms with Gasteiger partial charge in [-0.1, -0.05) is 23.7 Å². The number of aromatic amines is 1. The number of carbonyl (C=O) groups is 1. The maximum absolute atomic E-state index is 12.7. The largest absolute Gasteiger partial charge is 0.395 e.